The summed E-state index contributed by atoms with van der Waals surface area (Å²) in [4.78, 5) is 22.7. The number of carbonyl (C=O) groups is 2. The fourth-order valence-corrected chi connectivity index (χ4v) is 1.42. The normalized spacial score (nSPS) is 11.2. The van der Waals surface area contributed by atoms with Gasteiger partial charge in [0.25, 0.3) is 5.91 Å². The molecule has 0 aromatic heterocycles. The zero-order chi connectivity index (χ0) is 15.7. The van der Waals surface area contributed by atoms with Gasteiger partial charge in [-0.1, -0.05) is 0 Å². The number of nitrogens with one attached hydrogen (secondary N) is 2. The van der Waals surface area contributed by atoms with Crippen LogP contribution in [0.1, 0.15) is 20.8 Å². The summed E-state index contributed by atoms with van der Waals surface area (Å²) in [6.45, 7) is 5.93. The Bertz CT molecular complexity index is 461. The first kappa shape index (κ1) is 16.6. The van der Waals surface area contributed by atoms with Crippen molar-refractivity contribution in [2.24, 2.45) is 0 Å². The van der Waals surface area contributed by atoms with Gasteiger partial charge in [-0.05, 0) is 45.0 Å². The predicted octanol–water partition coefficient (Wildman–Crippen LogP) is 1.63. The fraction of sp³-hybridized carbons (Fsp3) is 0.429. The van der Waals surface area contributed by atoms with E-state index in [0.717, 1.165) is 5.75 Å². The van der Waals surface area contributed by atoms with E-state index in [1.165, 1.54) is 0 Å². The summed E-state index contributed by atoms with van der Waals surface area (Å²) in [7, 11) is 0. The average molecular weight is 296 g/mol. The highest BCUT2D eigenvalue weighted by molar-refractivity contribution is 5.82. The van der Waals surface area contributed by atoms with E-state index in [4.69, 9.17) is 9.47 Å². The summed E-state index contributed by atoms with van der Waals surface area (Å²) < 4.78 is 15.4. The second kappa shape index (κ2) is 8.68. The maximum atomic E-state index is 11.7. The van der Waals surface area contributed by atoms with E-state index in [1.807, 2.05) is 6.92 Å². The number of carbonyl (C=O) groups excluding carboxylic acids is 2. The first-order valence-corrected chi connectivity index (χ1v) is 6.69. The van der Waals surface area contributed by atoms with Crippen molar-refractivity contribution in [2.45, 2.75) is 26.9 Å². The molecule has 0 saturated heterocycles. The van der Waals surface area contributed by atoms with Crippen LogP contribution in [-0.2, 0) is 9.53 Å². The third kappa shape index (κ3) is 6.03. The van der Waals surface area contributed by atoms with Gasteiger partial charge in [0.1, 0.15) is 11.5 Å². The van der Waals surface area contributed by atoms with Crippen molar-refractivity contribution in [2.75, 3.05) is 13.2 Å². The van der Waals surface area contributed by atoms with E-state index in [-0.39, 0.29) is 6.61 Å². The lowest BCUT2D eigenvalue weighted by Crippen LogP contribution is -2.47. The van der Waals surface area contributed by atoms with Crippen molar-refractivity contribution in [3.05, 3.63) is 24.3 Å². The van der Waals surface area contributed by atoms with Crippen molar-refractivity contribution in [3.63, 3.8) is 0 Å². The van der Waals surface area contributed by atoms with Crippen molar-refractivity contribution in [1.29, 1.82) is 0 Å². The molecular weight excluding hydrogens is 276 g/mol. The van der Waals surface area contributed by atoms with Crippen LogP contribution in [0.4, 0.5) is 4.79 Å². The van der Waals surface area contributed by atoms with Gasteiger partial charge in [0.2, 0.25) is 0 Å². The second-order valence-corrected chi connectivity index (χ2v) is 4.00. The Balaban J connectivity index is 2.42. The molecule has 2 N–H and O–H groups in total. The molecule has 0 aliphatic heterocycles. The molecule has 0 heterocycles. The van der Waals surface area contributed by atoms with E-state index in [2.05, 4.69) is 15.6 Å². The molecule has 1 rings (SSSR count). The third-order valence-electron chi connectivity index (χ3n) is 2.38. The van der Waals surface area contributed by atoms with Crippen LogP contribution in [0.15, 0.2) is 24.3 Å². The standard InChI is InChI=1S/C14H20N2O5/c1-4-19-11-6-8-12(9-7-11)21-10(3)13(17)15-16-14(18)20-5-2/h6-10H,4-5H2,1-3H3,(H,15,17)(H,16,18)/t10-/m1/s1. The smallest absolute Gasteiger partial charge is 0.426 e. The first-order chi connectivity index (χ1) is 10.1. The van der Waals surface area contributed by atoms with E-state index in [0.29, 0.717) is 12.4 Å². The van der Waals surface area contributed by atoms with E-state index in [9.17, 15) is 9.59 Å². The third-order valence-corrected chi connectivity index (χ3v) is 2.38. The summed E-state index contributed by atoms with van der Waals surface area (Å²) >= 11 is 0. The summed E-state index contributed by atoms with van der Waals surface area (Å²) in [6, 6.07) is 6.90. The predicted molar refractivity (Wildman–Crippen MR) is 76.0 cm³/mol. The minimum Gasteiger partial charge on any atom is -0.494 e. The fourth-order valence-electron chi connectivity index (χ4n) is 1.42. The van der Waals surface area contributed by atoms with Gasteiger partial charge in [-0.15, -0.1) is 0 Å². The largest absolute Gasteiger partial charge is 0.494 e. The number of rotatable bonds is 6. The number of amides is 2. The Morgan fingerprint density at radius 3 is 2.24 bits per heavy atom. The van der Waals surface area contributed by atoms with Crippen molar-refractivity contribution in [1.82, 2.24) is 10.9 Å². The Hall–Kier alpha value is -2.44. The molecule has 7 heteroatoms. The van der Waals surface area contributed by atoms with Gasteiger partial charge in [0.05, 0.1) is 13.2 Å². The Labute approximate surface area is 123 Å². The SMILES string of the molecule is CCOC(=O)NNC(=O)[C@@H](C)Oc1ccc(OCC)cc1. The molecule has 2 amide bonds. The molecule has 7 nitrogen and oxygen atoms in total. The van der Waals surface area contributed by atoms with E-state index < -0.39 is 18.1 Å². The maximum absolute atomic E-state index is 11.7. The molecule has 0 aliphatic rings. The topological polar surface area (TPSA) is 85.9 Å². The molecule has 1 aromatic rings. The summed E-state index contributed by atoms with van der Waals surface area (Å²) in [6.07, 6.45) is -1.50. The van der Waals surface area contributed by atoms with Crippen LogP contribution in [0.2, 0.25) is 0 Å². The molecule has 0 bridgehead atoms. The molecule has 0 spiro atoms. The number of ether oxygens (including phenoxy) is 3. The molecule has 0 aliphatic carbocycles. The van der Waals surface area contributed by atoms with Gasteiger partial charge in [0.15, 0.2) is 6.10 Å². The first-order valence-electron chi connectivity index (χ1n) is 6.69. The highest BCUT2D eigenvalue weighted by Crippen LogP contribution is 2.18. The Morgan fingerprint density at radius 1 is 1.05 bits per heavy atom. The molecule has 1 atom stereocenters. The highest BCUT2D eigenvalue weighted by atomic mass is 16.6. The quantitative estimate of drug-likeness (QED) is 0.779. The van der Waals surface area contributed by atoms with Crippen LogP contribution < -0.4 is 20.3 Å². The van der Waals surface area contributed by atoms with Crippen LogP contribution in [0.5, 0.6) is 11.5 Å². The van der Waals surface area contributed by atoms with Gasteiger partial charge in [-0.2, -0.15) is 0 Å². The van der Waals surface area contributed by atoms with Gasteiger partial charge < -0.3 is 14.2 Å². The zero-order valence-corrected chi connectivity index (χ0v) is 12.3. The minimum atomic E-state index is -0.773. The number of hydrogen-bond acceptors (Lipinski definition) is 5. The summed E-state index contributed by atoms with van der Waals surface area (Å²) in [5, 5.41) is 0. The van der Waals surface area contributed by atoms with Gasteiger partial charge in [-0.25, -0.2) is 10.2 Å². The van der Waals surface area contributed by atoms with Crippen LogP contribution >= 0.6 is 0 Å². The molecule has 0 saturated carbocycles. The van der Waals surface area contributed by atoms with E-state index in [1.54, 1.807) is 38.1 Å². The molecule has 0 unspecified atom stereocenters. The number of hydrazine groups is 1. The molecule has 116 valence electrons. The molecule has 1 aromatic carbocycles. The summed E-state index contributed by atoms with van der Waals surface area (Å²) in [5.74, 6) is 0.764. The van der Waals surface area contributed by atoms with Crippen LogP contribution in [0.3, 0.4) is 0 Å². The van der Waals surface area contributed by atoms with Crippen LogP contribution in [0, 0.1) is 0 Å². The second-order valence-electron chi connectivity index (χ2n) is 4.00. The molecule has 21 heavy (non-hydrogen) atoms. The highest BCUT2D eigenvalue weighted by Gasteiger charge is 2.15. The van der Waals surface area contributed by atoms with Gasteiger partial charge >= 0.3 is 6.09 Å². The number of benzene rings is 1. The summed E-state index contributed by atoms with van der Waals surface area (Å²) in [5.41, 5.74) is 4.32. The van der Waals surface area contributed by atoms with Gasteiger partial charge in [0, 0.05) is 0 Å². The lowest BCUT2D eigenvalue weighted by molar-refractivity contribution is -0.128. The van der Waals surface area contributed by atoms with E-state index >= 15 is 0 Å². The minimum absolute atomic E-state index is 0.222. The average Bonchev–Trinajstić information content (AvgIpc) is 2.47. The zero-order valence-electron chi connectivity index (χ0n) is 12.3. The molecular formula is C14H20N2O5. The van der Waals surface area contributed by atoms with Crippen molar-refractivity contribution >= 4 is 12.0 Å². The maximum Gasteiger partial charge on any atom is 0.426 e. The Kier molecular flexibility index (Phi) is 6.86. The molecule has 0 radical (unpaired) electrons. The lowest BCUT2D eigenvalue weighted by Gasteiger charge is -2.15. The monoisotopic (exact) mass is 296 g/mol. The van der Waals surface area contributed by atoms with Crippen LogP contribution in [0.25, 0.3) is 0 Å². The van der Waals surface area contributed by atoms with Crippen LogP contribution in [-0.4, -0.2) is 31.3 Å². The van der Waals surface area contributed by atoms with Crippen molar-refractivity contribution in [3.8, 4) is 11.5 Å². The number of hydrogen-bond donors (Lipinski definition) is 2. The lowest BCUT2D eigenvalue weighted by atomic mass is 10.3. The van der Waals surface area contributed by atoms with Crippen molar-refractivity contribution < 1.29 is 23.8 Å². The molecule has 0 fully saturated rings. The van der Waals surface area contributed by atoms with Gasteiger partial charge in [-0.3, -0.25) is 10.2 Å². The Morgan fingerprint density at radius 2 is 1.67 bits per heavy atom.